The molecule has 2 amide bonds. The molecule has 0 aliphatic carbocycles. The summed E-state index contributed by atoms with van der Waals surface area (Å²) in [6, 6.07) is 9.81. The van der Waals surface area contributed by atoms with Crippen molar-refractivity contribution in [3.8, 4) is 5.75 Å². The first kappa shape index (κ1) is 18.7. The van der Waals surface area contributed by atoms with Gasteiger partial charge < -0.3 is 15.0 Å². The van der Waals surface area contributed by atoms with Crippen LogP contribution in [0.4, 0.5) is 19.3 Å². The highest BCUT2D eigenvalue weighted by Crippen LogP contribution is 2.22. The molecule has 134 valence electrons. The lowest BCUT2D eigenvalue weighted by atomic mass is 10.2. The van der Waals surface area contributed by atoms with Gasteiger partial charge in [-0.2, -0.15) is 0 Å². The van der Waals surface area contributed by atoms with Crippen molar-refractivity contribution in [3.63, 3.8) is 0 Å². The van der Waals surface area contributed by atoms with Gasteiger partial charge in [0.1, 0.15) is 12.4 Å². The smallest absolute Gasteiger partial charge is 0.321 e. The van der Waals surface area contributed by atoms with Gasteiger partial charge in [-0.3, -0.25) is 0 Å². The van der Waals surface area contributed by atoms with Crippen LogP contribution in [0, 0.1) is 17.6 Å². The Balaban J connectivity index is 1.97. The Morgan fingerprint density at radius 1 is 1.20 bits per heavy atom. The van der Waals surface area contributed by atoms with E-state index in [2.05, 4.69) is 5.32 Å². The minimum Gasteiger partial charge on any atom is -0.486 e. The fourth-order valence-corrected chi connectivity index (χ4v) is 2.33. The van der Waals surface area contributed by atoms with E-state index in [4.69, 9.17) is 4.74 Å². The van der Waals surface area contributed by atoms with E-state index in [1.54, 1.807) is 25.2 Å². The Kier molecular flexibility index (Phi) is 6.33. The lowest BCUT2D eigenvalue weighted by Gasteiger charge is -2.20. The van der Waals surface area contributed by atoms with Crippen molar-refractivity contribution in [2.45, 2.75) is 20.5 Å². The zero-order valence-electron chi connectivity index (χ0n) is 14.6. The number of halogens is 2. The molecule has 0 atom stereocenters. The SMILES string of the molecule is CC(C)CN(C)C(=O)Nc1ccc(OCc2cccc(F)c2)c(F)c1. The predicted molar refractivity (Wildman–Crippen MR) is 93.6 cm³/mol. The van der Waals surface area contributed by atoms with E-state index in [-0.39, 0.29) is 24.2 Å². The largest absolute Gasteiger partial charge is 0.486 e. The minimum absolute atomic E-state index is 0.0396. The van der Waals surface area contributed by atoms with Crippen molar-refractivity contribution in [2.24, 2.45) is 5.92 Å². The summed E-state index contributed by atoms with van der Waals surface area (Å²) in [6.45, 7) is 4.67. The molecule has 0 aliphatic rings. The van der Waals surface area contributed by atoms with Crippen molar-refractivity contribution >= 4 is 11.7 Å². The molecule has 6 heteroatoms. The molecule has 2 rings (SSSR count). The van der Waals surface area contributed by atoms with E-state index < -0.39 is 5.82 Å². The molecule has 0 bridgehead atoms. The van der Waals surface area contributed by atoms with Gasteiger partial charge in [0.25, 0.3) is 0 Å². The normalized spacial score (nSPS) is 10.6. The maximum absolute atomic E-state index is 14.1. The predicted octanol–water partition coefficient (Wildman–Crippen LogP) is 4.66. The molecule has 0 heterocycles. The van der Waals surface area contributed by atoms with Gasteiger partial charge in [0.2, 0.25) is 0 Å². The summed E-state index contributed by atoms with van der Waals surface area (Å²) in [7, 11) is 1.68. The number of carbonyl (C=O) groups excluding carboxylic acids is 1. The summed E-state index contributed by atoms with van der Waals surface area (Å²) >= 11 is 0. The maximum atomic E-state index is 14.1. The highest BCUT2D eigenvalue weighted by molar-refractivity contribution is 5.89. The van der Waals surface area contributed by atoms with Crippen molar-refractivity contribution in [1.29, 1.82) is 0 Å². The number of benzene rings is 2. The molecular formula is C19H22F2N2O2. The molecule has 4 nitrogen and oxygen atoms in total. The number of carbonyl (C=O) groups is 1. The van der Waals surface area contributed by atoms with Gasteiger partial charge in [0.15, 0.2) is 11.6 Å². The van der Waals surface area contributed by atoms with Crippen molar-refractivity contribution in [1.82, 2.24) is 4.90 Å². The van der Waals surface area contributed by atoms with Crippen LogP contribution in [-0.4, -0.2) is 24.5 Å². The molecule has 0 saturated heterocycles. The van der Waals surface area contributed by atoms with Gasteiger partial charge in [0.05, 0.1) is 0 Å². The molecular weight excluding hydrogens is 326 g/mol. The third kappa shape index (κ3) is 5.74. The number of anilines is 1. The lowest BCUT2D eigenvalue weighted by Crippen LogP contribution is -2.34. The highest BCUT2D eigenvalue weighted by atomic mass is 19.1. The van der Waals surface area contributed by atoms with Gasteiger partial charge >= 0.3 is 6.03 Å². The van der Waals surface area contributed by atoms with Crippen molar-refractivity contribution in [2.75, 3.05) is 18.9 Å². The summed E-state index contributed by atoms with van der Waals surface area (Å²) in [4.78, 5) is 13.6. The Morgan fingerprint density at radius 2 is 1.96 bits per heavy atom. The van der Waals surface area contributed by atoms with Crippen LogP contribution in [-0.2, 0) is 6.61 Å². The summed E-state index contributed by atoms with van der Waals surface area (Å²) in [5.41, 5.74) is 0.948. The zero-order valence-corrected chi connectivity index (χ0v) is 14.6. The van der Waals surface area contributed by atoms with E-state index in [1.807, 2.05) is 13.8 Å². The summed E-state index contributed by atoms with van der Waals surface area (Å²) in [6.07, 6.45) is 0. The van der Waals surface area contributed by atoms with E-state index in [0.717, 1.165) is 0 Å². The molecule has 25 heavy (non-hydrogen) atoms. The Labute approximate surface area is 146 Å². The second kappa shape index (κ2) is 8.46. The van der Waals surface area contributed by atoms with Crippen molar-refractivity contribution in [3.05, 3.63) is 59.7 Å². The molecule has 0 aliphatic heterocycles. The number of urea groups is 1. The molecule has 2 aromatic rings. The lowest BCUT2D eigenvalue weighted by molar-refractivity contribution is 0.217. The fourth-order valence-electron chi connectivity index (χ4n) is 2.33. The molecule has 0 aromatic heterocycles. The third-order valence-corrected chi connectivity index (χ3v) is 3.45. The zero-order chi connectivity index (χ0) is 18.4. The highest BCUT2D eigenvalue weighted by Gasteiger charge is 2.12. The first-order chi connectivity index (χ1) is 11.8. The first-order valence-corrected chi connectivity index (χ1v) is 8.04. The van der Waals surface area contributed by atoms with E-state index in [1.165, 1.54) is 29.2 Å². The Hall–Kier alpha value is -2.63. The minimum atomic E-state index is -0.597. The quantitative estimate of drug-likeness (QED) is 0.825. The van der Waals surface area contributed by atoms with Crippen molar-refractivity contribution < 1.29 is 18.3 Å². The second-order valence-corrected chi connectivity index (χ2v) is 6.27. The van der Waals surface area contributed by atoms with Crippen LogP contribution in [0.25, 0.3) is 0 Å². The monoisotopic (exact) mass is 348 g/mol. The number of nitrogens with zero attached hydrogens (tertiary/aromatic N) is 1. The second-order valence-electron chi connectivity index (χ2n) is 6.27. The molecule has 1 N–H and O–H groups in total. The average Bonchev–Trinajstić information content (AvgIpc) is 2.53. The van der Waals surface area contributed by atoms with Crippen LogP contribution in [0.2, 0.25) is 0 Å². The number of amides is 2. The fraction of sp³-hybridized carbons (Fsp3) is 0.316. The Bertz CT molecular complexity index is 735. The summed E-state index contributed by atoms with van der Waals surface area (Å²) in [5.74, 6) is -0.588. The number of ether oxygens (including phenoxy) is 1. The van der Waals surface area contributed by atoms with Crippen LogP contribution >= 0.6 is 0 Å². The number of hydrogen-bond acceptors (Lipinski definition) is 2. The van der Waals surface area contributed by atoms with Gasteiger partial charge in [0, 0.05) is 25.3 Å². The van der Waals surface area contributed by atoms with Crippen LogP contribution < -0.4 is 10.1 Å². The Morgan fingerprint density at radius 3 is 2.60 bits per heavy atom. The molecule has 2 aromatic carbocycles. The van der Waals surface area contributed by atoms with Gasteiger partial charge in [-0.15, -0.1) is 0 Å². The van der Waals surface area contributed by atoms with Crippen LogP contribution in [0.15, 0.2) is 42.5 Å². The first-order valence-electron chi connectivity index (χ1n) is 8.04. The van der Waals surface area contributed by atoms with Crippen LogP contribution in [0.5, 0.6) is 5.75 Å². The molecule has 0 fully saturated rings. The number of rotatable bonds is 6. The topological polar surface area (TPSA) is 41.6 Å². The van der Waals surface area contributed by atoms with E-state index in [0.29, 0.717) is 23.7 Å². The van der Waals surface area contributed by atoms with Gasteiger partial charge in [-0.1, -0.05) is 26.0 Å². The van der Waals surface area contributed by atoms with E-state index >= 15 is 0 Å². The standard InChI is InChI=1S/C19H22F2N2O2/c1-13(2)11-23(3)19(24)22-16-7-8-18(17(21)10-16)25-12-14-5-4-6-15(20)9-14/h4-10,13H,11-12H2,1-3H3,(H,22,24). The number of nitrogens with one attached hydrogen (secondary N) is 1. The van der Waals surface area contributed by atoms with Crippen LogP contribution in [0.1, 0.15) is 19.4 Å². The maximum Gasteiger partial charge on any atom is 0.321 e. The molecule has 0 saturated carbocycles. The summed E-state index contributed by atoms with van der Waals surface area (Å²) < 4.78 is 32.6. The number of hydrogen-bond donors (Lipinski definition) is 1. The average molecular weight is 348 g/mol. The molecule has 0 spiro atoms. The summed E-state index contributed by atoms with van der Waals surface area (Å²) in [5, 5.41) is 2.64. The third-order valence-electron chi connectivity index (χ3n) is 3.45. The van der Waals surface area contributed by atoms with Crippen LogP contribution in [0.3, 0.4) is 0 Å². The van der Waals surface area contributed by atoms with Gasteiger partial charge in [-0.05, 0) is 35.7 Å². The molecule has 0 radical (unpaired) electrons. The molecule has 0 unspecified atom stereocenters. The van der Waals surface area contributed by atoms with E-state index in [9.17, 15) is 13.6 Å². The van der Waals surface area contributed by atoms with Gasteiger partial charge in [-0.25, -0.2) is 13.6 Å².